The Balaban J connectivity index is 0.00000128. The van der Waals surface area contributed by atoms with E-state index in [4.69, 9.17) is 4.74 Å². The summed E-state index contributed by atoms with van der Waals surface area (Å²) in [5.74, 6) is 0. The van der Waals surface area contributed by atoms with Gasteiger partial charge in [0.15, 0.2) is 0 Å². The minimum absolute atomic E-state index is 0. The predicted molar refractivity (Wildman–Crippen MR) is 56.1 cm³/mol. The normalized spacial score (nSPS) is 13.3. The van der Waals surface area contributed by atoms with Gasteiger partial charge < -0.3 is 9.64 Å². The fourth-order valence-corrected chi connectivity index (χ4v) is 1.66. The van der Waals surface area contributed by atoms with Crippen LogP contribution >= 0.6 is 0 Å². The van der Waals surface area contributed by atoms with Crippen molar-refractivity contribution in [3.05, 3.63) is 35.4 Å². The number of amides is 1. The van der Waals surface area contributed by atoms with E-state index in [-0.39, 0.29) is 70.4 Å². The topological polar surface area (TPSA) is 29.5 Å². The van der Waals surface area contributed by atoms with Crippen molar-refractivity contribution < 1.29 is 67.7 Å². The van der Waals surface area contributed by atoms with Crippen LogP contribution in [0.2, 0.25) is 0 Å². The van der Waals surface area contributed by atoms with Crippen molar-refractivity contribution in [2.75, 3.05) is 0 Å². The van der Waals surface area contributed by atoms with Gasteiger partial charge in [-0.1, -0.05) is 0 Å². The molecule has 0 saturated heterocycles. The molecule has 0 atom stereocenters. The summed E-state index contributed by atoms with van der Waals surface area (Å²) in [5, 5.41) is 0. The van der Waals surface area contributed by atoms with Crippen molar-refractivity contribution >= 4 is 6.09 Å². The van der Waals surface area contributed by atoms with Crippen molar-refractivity contribution in [2.45, 2.75) is 33.0 Å². The smallest absolute Gasteiger partial charge is 0.447 e. The number of fused-ring (bicyclic) bond motifs is 1. The first-order valence-electron chi connectivity index (χ1n) is 5.11. The molecule has 1 aromatic rings. The molecular weight excluding hydrogens is 276 g/mol. The molecule has 1 amide bonds. The molecule has 80 valence electrons. The maximum Gasteiger partial charge on any atom is 1.00 e. The standard InChI is InChI=1S/C12H14NO2.Rb/c1-9(2)15-12(14)13-7-10-5-3-4-6-11(10)8-13;/h3-5,9H,7-8H2,1-2H3;/q-1;+1. The molecule has 0 radical (unpaired) electrons. The number of hydrogen-bond acceptors (Lipinski definition) is 2. The molecule has 0 spiro atoms. The van der Waals surface area contributed by atoms with Gasteiger partial charge in [-0.15, -0.1) is 11.1 Å². The van der Waals surface area contributed by atoms with Crippen LogP contribution in [0.1, 0.15) is 25.0 Å². The molecule has 0 fully saturated rings. The van der Waals surface area contributed by atoms with Gasteiger partial charge in [-0.3, -0.25) is 0 Å². The Morgan fingerprint density at radius 3 is 2.88 bits per heavy atom. The Morgan fingerprint density at radius 1 is 1.50 bits per heavy atom. The minimum atomic E-state index is -0.241. The fourth-order valence-electron chi connectivity index (χ4n) is 1.66. The van der Waals surface area contributed by atoms with Gasteiger partial charge in [-0.05, 0) is 13.8 Å². The van der Waals surface area contributed by atoms with Gasteiger partial charge >= 0.3 is 64.3 Å². The Kier molecular flexibility index (Phi) is 5.64. The Hall–Kier alpha value is 0.295. The first kappa shape index (κ1) is 14.4. The number of nitrogens with zero attached hydrogens (tertiary/aromatic N) is 1. The molecule has 3 nitrogen and oxygen atoms in total. The van der Waals surface area contributed by atoms with E-state index in [0.717, 1.165) is 5.56 Å². The average molecular weight is 290 g/mol. The van der Waals surface area contributed by atoms with E-state index >= 15 is 0 Å². The maximum absolute atomic E-state index is 11.6. The molecule has 1 heterocycles. The zero-order valence-corrected chi connectivity index (χ0v) is 14.9. The summed E-state index contributed by atoms with van der Waals surface area (Å²) >= 11 is 0. The molecule has 0 aliphatic carbocycles. The number of rotatable bonds is 1. The summed E-state index contributed by atoms with van der Waals surface area (Å²) < 4.78 is 5.14. The third-order valence-corrected chi connectivity index (χ3v) is 2.34. The summed E-state index contributed by atoms with van der Waals surface area (Å²) in [5.41, 5.74) is 2.26. The van der Waals surface area contributed by atoms with Crippen LogP contribution in [-0.2, 0) is 17.8 Å². The van der Waals surface area contributed by atoms with Crippen molar-refractivity contribution in [3.63, 3.8) is 0 Å². The van der Waals surface area contributed by atoms with Crippen LogP contribution in [0, 0.1) is 6.07 Å². The van der Waals surface area contributed by atoms with Crippen molar-refractivity contribution in [1.29, 1.82) is 0 Å². The first-order chi connectivity index (χ1) is 7.16. The van der Waals surface area contributed by atoms with Gasteiger partial charge in [-0.25, -0.2) is 4.79 Å². The summed E-state index contributed by atoms with van der Waals surface area (Å²) in [4.78, 5) is 13.3. The van der Waals surface area contributed by atoms with Crippen LogP contribution in [0.5, 0.6) is 0 Å². The second kappa shape index (κ2) is 6.29. The SMILES string of the molecule is CC(C)OC(=O)N1Cc2[c-]cccc2C1.[Rb+]. The molecular formula is C12H14NO2Rb. The molecule has 2 rings (SSSR count). The molecule has 0 saturated carbocycles. The van der Waals surface area contributed by atoms with Gasteiger partial charge in [0.1, 0.15) is 0 Å². The first-order valence-corrected chi connectivity index (χ1v) is 5.11. The van der Waals surface area contributed by atoms with Crippen LogP contribution in [0.4, 0.5) is 4.79 Å². The zero-order chi connectivity index (χ0) is 10.8. The molecule has 0 bridgehead atoms. The summed E-state index contributed by atoms with van der Waals surface area (Å²) in [7, 11) is 0. The monoisotopic (exact) mass is 289 g/mol. The second-order valence-electron chi connectivity index (χ2n) is 3.96. The van der Waals surface area contributed by atoms with Crippen molar-refractivity contribution in [3.8, 4) is 0 Å². The van der Waals surface area contributed by atoms with E-state index in [1.807, 2.05) is 32.0 Å². The van der Waals surface area contributed by atoms with E-state index in [2.05, 4.69) is 6.07 Å². The number of carbonyl (C=O) groups excluding carboxylic acids is 1. The van der Waals surface area contributed by atoms with E-state index in [9.17, 15) is 4.79 Å². The molecule has 0 aromatic heterocycles. The summed E-state index contributed by atoms with van der Waals surface area (Å²) in [6.07, 6.45) is -0.306. The van der Waals surface area contributed by atoms with Gasteiger partial charge in [0.25, 0.3) is 0 Å². The minimum Gasteiger partial charge on any atom is -0.447 e. The van der Waals surface area contributed by atoms with E-state index in [1.165, 1.54) is 5.56 Å². The van der Waals surface area contributed by atoms with Crippen LogP contribution in [-0.4, -0.2) is 17.1 Å². The van der Waals surface area contributed by atoms with Crippen LogP contribution < -0.4 is 58.2 Å². The van der Waals surface area contributed by atoms with Crippen LogP contribution in [0.25, 0.3) is 0 Å². The molecule has 16 heavy (non-hydrogen) atoms. The number of carbonyl (C=O) groups is 1. The molecule has 0 N–H and O–H groups in total. The quantitative estimate of drug-likeness (QED) is 0.643. The van der Waals surface area contributed by atoms with Crippen LogP contribution in [0.3, 0.4) is 0 Å². The van der Waals surface area contributed by atoms with Crippen molar-refractivity contribution in [2.24, 2.45) is 0 Å². The molecule has 0 unspecified atom stereocenters. The predicted octanol–water partition coefficient (Wildman–Crippen LogP) is -0.649. The Morgan fingerprint density at radius 2 is 2.25 bits per heavy atom. The van der Waals surface area contributed by atoms with E-state index in [1.54, 1.807) is 4.90 Å². The number of hydrogen-bond donors (Lipinski definition) is 0. The second-order valence-corrected chi connectivity index (χ2v) is 3.96. The molecule has 1 aliphatic heterocycles. The summed E-state index contributed by atoms with van der Waals surface area (Å²) in [6, 6.07) is 8.97. The fraction of sp³-hybridized carbons (Fsp3) is 0.417. The molecule has 4 heteroatoms. The van der Waals surface area contributed by atoms with Gasteiger partial charge in [0, 0.05) is 13.1 Å². The average Bonchev–Trinajstić information content (AvgIpc) is 2.59. The number of benzene rings is 1. The van der Waals surface area contributed by atoms with Crippen molar-refractivity contribution in [1.82, 2.24) is 4.90 Å². The van der Waals surface area contributed by atoms with E-state index < -0.39 is 0 Å². The van der Waals surface area contributed by atoms with Gasteiger partial charge in [0.2, 0.25) is 0 Å². The third kappa shape index (κ3) is 3.39. The number of ether oxygens (including phenoxy) is 1. The van der Waals surface area contributed by atoms with Gasteiger partial charge in [0.05, 0.1) is 6.10 Å². The molecule has 1 aromatic carbocycles. The largest absolute Gasteiger partial charge is 1.00 e. The zero-order valence-electron chi connectivity index (χ0n) is 9.99. The Labute approximate surface area is 145 Å². The molecule has 1 aliphatic rings. The Bertz CT molecular complexity index is 354. The van der Waals surface area contributed by atoms with Crippen LogP contribution in [0.15, 0.2) is 18.2 Å². The van der Waals surface area contributed by atoms with E-state index in [0.29, 0.717) is 13.1 Å². The third-order valence-electron chi connectivity index (χ3n) is 2.34. The van der Waals surface area contributed by atoms with Gasteiger partial charge in [-0.2, -0.15) is 24.3 Å². The maximum atomic E-state index is 11.6. The summed E-state index contributed by atoms with van der Waals surface area (Å²) in [6.45, 7) is 4.96.